The number of carbonyl (C=O) groups is 1. The molecule has 0 bridgehead atoms. The molecule has 0 aliphatic heterocycles. The van der Waals surface area contributed by atoms with Gasteiger partial charge >= 0.3 is 5.97 Å². The van der Waals surface area contributed by atoms with Crippen LogP contribution in [-0.4, -0.2) is 35.1 Å². The molecule has 0 saturated carbocycles. The molecule has 3 aromatic rings. The summed E-state index contributed by atoms with van der Waals surface area (Å²) in [6.45, 7) is 7.20. The largest absolute Gasteiger partial charge is 0.466 e. The van der Waals surface area contributed by atoms with Crippen molar-refractivity contribution in [3.63, 3.8) is 0 Å². The lowest BCUT2D eigenvalue weighted by atomic mass is 10.0. The summed E-state index contributed by atoms with van der Waals surface area (Å²) in [6.07, 6.45) is 2.94. The van der Waals surface area contributed by atoms with E-state index in [1.807, 2.05) is 49.5 Å². The van der Waals surface area contributed by atoms with Crippen LogP contribution < -0.4 is 4.90 Å². The first-order chi connectivity index (χ1) is 14.6. The van der Waals surface area contributed by atoms with Gasteiger partial charge in [0.25, 0.3) is 0 Å². The quantitative estimate of drug-likeness (QED) is 0.450. The third-order valence-electron chi connectivity index (χ3n) is 4.86. The fraction of sp³-hybridized carbons (Fsp3) is 0.320. The average Bonchev–Trinajstić information content (AvgIpc) is 2.77. The maximum Gasteiger partial charge on any atom is 0.305 e. The summed E-state index contributed by atoms with van der Waals surface area (Å²) >= 11 is 0. The fourth-order valence-corrected chi connectivity index (χ4v) is 3.39. The maximum atomic E-state index is 11.7. The summed E-state index contributed by atoms with van der Waals surface area (Å²) < 4.78 is 5.05. The van der Waals surface area contributed by atoms with Crippen molar-refractivity contribution < 1.29 is 9.53 Å². The SMILES string of the molecule is CCOC(=O)CCCN(c1cnc(-c2ccccc2)c(-c2ccccc2)n1)C(C)C. The molecule has 0 aliphatic rings. The fourth-order valence-electron chi connectivity index (χ4n) is 3.39. The number of carbonyl (C=O) groups excluding carboxylic acids is 1. The molecule has 1 heterocycles. The van der Waals surface area contributed by atoms with Crippen molar-refractivity contribution in [1.82, 2.24) is 9.97 Å². The third-order valence-corrected chi connectivity index (χ3v) is 4.86. The zero-order valence-electron chi connectivity index (χ0n) is 17.9. The van der Waals surface area contributed by atoms with Crippen molar-refractivity contribution in [3.8, 4) is 22.5 Å². The number of hydrogen-bond acceptors (Lipinski definition) is 5. The Bertz CT molecular complexity index is 943. The molecule has 0 radical (unpaired) electrons. The summed E-state index contributed by atoms with van der Waals surface area (Å²) in [7, 11) is 0. The first kappa shape index (κ1) is 21.5. The summed E-state index contributed by atoms with van der Waals surface area (Å²) in [4.78, 5) is 23.7. The Kier molecular flexibility index (Phi) is 7.55. The first-order valence-corrected chi connectivity index (χ1v) is 10.5. The monoisotopic (exact) mass is 403 g/mol. The summed E-state index contributed by atoms with van der Waals surface area (Å²) in [6, 6.07) is 20.5. The Morgan fingerprint density at radius 3 is 2.13 bits per heavy atom. The van der Waals surface area contributed by atoms with Gasteiger partial charge in [0, 0.05) is 30.1 Å². The van der Waals surface area contributed by atoms with E-state index in [0.717, 1.165) is 28.3 Å². The van der Waals surface area contributed by atoms with Gasteiger partial charge in [-0.25, -0.2) is 4.98 Å². The normalized spacial score (nSPS) is 10.8. The lowest BCUT2D eigenvalue weighted by molar-refractivity contribution is -0.143. The number of aromatic nitrogens is 2. The predicted molar refractivity (Wildman–Crippen MR) is 121 cm³/mol. The van der Waals surface area contributed by atoms with Crippen molar-refractivity contribution in [2.75, 3.05) is 18.1 Å². The van der Waals surface area contributed by atoms with Crippen LogP contribution in [0.1, 0.15) is 33.6 Å². The molecule has 0 saturated heterocycles. The van der Waals surface area contributed by atoms with Gasteiger partial charge in [0.2, 0.25) is 0 Å². The Balaban J connectivity index is 1.93. The van der Waals surface area contributed by atoms with Crippen molar-refractivity contribution in [2.24, 2.45) is 0 Å². The summed E-state index contributed by atoms with van der Waals surface area (Å²) in [5.41, 5.74) is 3.78. The van der Waals surface area contributed by atoms with Crippen molar-refractivity contribution in [1.29, 1.82) is 0 Å². The van der Waals surface area contributed by atoms with Gasteiger partial charge in [0.1, 0.15) is 5.82 Å². The zero-order chi connectivity index (χ0) is 21.3. The molecule has 0 unspecified atom stereocenters. The Labute approximate surface area is 178 Å². The molecule has 1 aromatic heterocycles. The highest BCUT2D eigenvalue weighted by Crippen LogP contribution is 2.30. The van der Waals surface area contributed by atoms with E-state index in [1.54, 1.807) is 0 Å². The number of esters is 1. The van der Waals surface area contributed by atoms with Gasteiger partial charge in [-0.1, -0.05) is 60.7 Å². The molecule has 2 aromatic carbocycles. The highest BCUT2D eigenvalue weighted by molar-refractivity contribution is 5.78. The molecule has 156 valence electrons. The molecule has 0 N–H and O–H groups in total. The molecule has 5 nitrogen and oxygen atoms in total. The van der Waals surface area contributed by atoms with Gasteiger partial charge < -0.3 is 9.64 Å². The first-order valence-electron chi connectivity index (χ1n) is 10.5. The maximum absolute atomic E-state index is 11.7. The number of ether oxygens (including phenoxy) is 1. The number of benzene rings is 2. The van der Waals surface area contributed by atoms with E-state index in [0.29, 0.717) is 26.0 Å². The molecule has 0 amide bonds. The second-order valence-electron chi connectivity index (χ2n) is 7.35. The molecule has 0 atom stereocenters. The topological polar surface area (TPSA) is 55.3 Å². The van der Waals surface area contributed by atoms with Crippen LogP contribution >= 0.6 is 0 Å². The van der Waals surface area contributed by atoms with Crippen LogP contribution in [0, 0.1) is 0 Å². The molecule has 3 rings (SSSR count). The Hall–Kier alpha value is -3.21. The van der Waals surface area contributed by atoms with E-state index < -0.39 is 0 Å². The van der Waals surface area contributed by atoms with Crippen LogP contribution in [0.3, 0.4) is 0 Å². The molecular formula is C25H29N3O2. The Morgan fingerprint density at radius 1 is 0.967 bits per heavy atom. The molecule has 0 fully saturated rings. The van der Waals surface area contributed by atoms with Gasteiger partial charge in [0.15, 0.2) is 0 Å². The molecule has 5 heteroatoms. The van der Waals surface area contributed by atoms with Crippen LogP contribution in [0.4, 0.5) is 5.82 Å². The lowest BCUT2D eigenvalue weighted by Gasteiger charge is -2.28. The number of hydrogen-bond donors (Lipinski definition) is 0. The van der Waals surface area contributed by atoms with Gasteiger partial charge in [-0.3, -0.25) is 9.78 Å². The van der Waals surface area contributed by atoms with Crippen LogP contribution in [0.15, 0.2) is 66.9 Å². The van der Waals surface area contributed by atoms with Crippen LogP contribution in [0.2, 0.25) is 0 Å². The van der Waals surface area contributed by atoms with Crippen molar-refractivity contribution in [3.05, 3.63) is 66.9 Å². The molecular weight excluding hydrogens is 374 g/mol. The highest BCUT2D eigenvalue weighted by atomic mass is 16.5. The van der Waals surface area contributed by atoms with E-state index >= 15 is 0 Å². The average molecular weight is 404 g/mol. The van der Waals surface area contributed by atoms with E-state index in [4.69, 9.17) is 14.7 Å². The zero-order valence-corrected chi connectivity index (χ0v) is 17.9. The van der Waals surface area contributed by atoms with Gasteiger partial charge in [0.05, 0.1) is 24.2 Å². The van der Waals surface area contributed by atoms with Gasteiger partial charge in [-0.15, -0.1) is 0 Å². The molecule has 0 aliphatic carbocycles. The van der Waals surface area contributed by atoms with E-state index in [1.165, 1.54) is 0 Å². The number of nitrogens with zero attached hydrogens (tertiary/aromatic N) is 3. The highest BCUT2D eigenvalue weighted by Gasteiger charge is 2.18. The number of rotatable bonds is 9. The van der Waals surface area contributed by atoms with Crippen molar-refractivity contribution in [2.45, 2.75) is 39.7 Å². The Morgan fingerprint density at radius 2 is 1.57 bits per heavy atom. The smallest absolute Gasteiger partial charge is 0.305 e. The lowest BCUT2D eigenvalue weighted by Crippen LogP contribution is -2.33. The summed E-state index contributed by atoms with van der Waals surface area (Å²) in [5.74, 6) is 0.657. The molecule has 30 heavy (non-hydrogen) atoms. The van der Waals surface area contributed by atoms with Gasteiger partial charge in [-0.2, -0.15) is 0 Å². The second-order valence-corrected chi connectivity index (χ2v) is 7.35. The van der Waals surface area contributed by atoms with Crippen LogP contribution in [0.25, 0.3) is 22.5 Å². The second kappa shape index (κ2) is 10.5. The van der Waals surface area contributed by atoms with E-state index in [9.17, 15) is 4.79 Å². The third kappa shape index (κ3) is 5.44. The van der Waals surface area contributed by atoms with Gasteiger partial charge in [-0.05, 0) is 27.2 Å². The van der Waals surface area contributed by atoms with E-state index in [2.05, 4.69) is 43.0 Å². The number of anilines is 1. The summed E-state index contributed by atoms with van der Waals surface area (Å²) in [5, 5.41) is 0. The van der Waals surface area contributed by atoms with E-state index in [-0.39, 0.29) is 12.0 Å². The van der Waals surface area contributed by atoms with Crippen LogP contribution in [-0.2, 0) is 9.53 Å². The predicted octanol–water partition coefficient (Wildman–Crippen LogP) is 5.37. The molecule has 0 spiro atoms. The van der Waals surface area contributed by atoms with Crippen molar-refractivity contribution >= 4 is 11.8 Å². The minimum absolute atomic E-state index is 0.156. The van der Waals surface area contributed by atoms with Crippen LogP contribution in [0.5, 0.6) is 0 Å². The minimum atomic E-state index is -0.156. The standard InChI is InChI=1S/C25H29N3O2/c1-4-30-23(29)16-11-17-28(19(2)3)22-18-26-24(20-12-7-5-8-13-20)25(27-22)21-14-9-6-10-15-21/h5-10,12-15,18-19H,4,11,16-17H2,1-3H3. The minimum Gasteiger partial charge on any atom is -0.466 e.